The molecule has 6 N–H and O–H groups in total. The first-order valence-corrected chi connectivity index (χ1v) is 12.3. The van der Waals surface area contributed by atoms with E-state index in [1.165, 1.54) is 0 Å². The summed E-state index contributed by atoms with van der Waals surface area (Å²) < 4.78 is 46.7. The van der Waals surface area contributed by atoms with Crippen LogP contribution in [0.1, 0.15) is 4.28 Å². The SMILES string of the molecule is OS(O)(=S)=S.OS(O)(=S)=S.OS(O)(=S)=S.[H-].[H-].[H-].[Na+].[Na+].[Na+]. The van der Waals surface area contributed by atoms with Gasteiger partial charge in [0, 0.05) is 67.1 Å². The second kappa shape index (κ2) is 18.5. The molecule has 0 rings (SSSR count). The molecule has 102 valence electrons. The Bertz CT molecular complexity index is 360. The Hall–Kier alpha value is 5.13. The number of hydrogen-bond acceptors (Lipinski definition) is 6. The van der Waals surface area contributed by atoms with Crippen molar-refractivity contribution >= 4 is 90.3 Å². The van der Waals surface area contributed by atoms with Gasteiger partial charge in [-0.2, -0.15) is 0 Å². The number of hydrogen-bond donors (Lipinski definition) is 6. The number of rotatable bonds is 0. The smallest absolute Gasteiger partial charge is 1.00 e. The van der Waals surface area contributed by atoms with Gasteiger partial charge in [-0.1, -0.05) is 0 Å². The van der Waals surface area contributed by atoms with Gasteiger partial charge in [0.15, 0.2) is 0 Å². The zero-order valence-corrected chi connectivity index (χ0v) is 22.7. The molecule has 0 saturated heterocycles. The summed E-state index contributed by atoms with van der Waals surface area (Å²) in [4.78, 5) is 0. The van der Waals surface area contributed by atoms with Gasteiger partial charge >= 0.3 is 88.7 Å². The van der Waals surface area contributed by atoms with Gasteiger partial charge in [0.25, 0.3) is 0 Å². The predicted octanol–water partition coefficient (Wildman–Crippen LogP) is -8.62. The summed E-state index contributed by atoms with van der Waals surface area (Å²) in [5, 5.41) is 0. The molecule has 18 heteroatoms. The molecule has 0 aliphatic rings. The summed E-state index contributed by atoms with van der Waals surface area (Å²) in [6.45, 7) is 0. The van der Waals surface area contributed by atoms with Crippen molar-refractivity contribution in [1.29, 1.82) is 0 Å². The molecule has 0 aliphatic heterocycles. The Morgan fingerprint density at radius 2 is 0.444 bits per heavy atom. The van der Waals surface area contributed by atoms with Gasteiger partial charge in [-0.05, 0) is 0 Å². The molecule has 6 nitrogen and oxygen atoms in total. The summed E-state index contributed by atoms with van der Waals surface area (Å²) in [5.41, 5.74) is 0. The van der Waals surface area contributed by atoms with Gasteiger partial charge in [0.05, 0.1) is 0 Å². The second-order valence-electron chi connectivity index (χ2n) is 1.34. The molecule has 0 aromatic carbocycles. The van der Waals surface area contributed by atoms with E-state index in [4.69, 9.17) is 27.3 Å². The zero-order valence-electron chi connectivity index (χ0n) is 12.4. The van der Waals surface area contributed by atoms with Crippen LogP contribution in [0.5, 0.6) is 0 Å². The summed E-state index contributed by atoms with van der Waals surface area (Å²) in [5.74, 6) is 0. The van der Waals surface area contributed by atoms with Gasteiger partial charge in [0.1, 0.15) is 23.1 Å². The third-order valence-corrected chi connectivity index (χ3v) is 0. The van der Waals surface area contributed by atoms with E-state index in [0.717, 1.165) is 0 Å². The Balaban J connectivity index is -0.0000000129. The van der Waals surface area contributed by atoms with E-state index in [0.29, 0.717) is 0 Å². The first-order valence-electron chi connectivity index (χ1n) is 2.10. The molecule has 0 radical (unpaired) electrons. The molecule has 0 atom stereocenters. The fourth-order valence-corrected chi connectivity index (χ4v) is 0. The van der Waals surface area contributed by atoms with Crippen LogP contribution in [-0.2, 0) is 90.3 Å². The Kier molecular flexibility index (Phi) is 39.6. The summed E-state index contributed by atoms with van der Waals surface area (Å²) >= 11 is 23.0. The second-order valence-corrected chi connectivity index (χ2v) is 14.3. The molecule has 18 heavy (non-hydrogen) atoms. The summed E-state index contributed by atoms with van der Waals surface area (Å²) in [6, 6.07) is 0. The molecule has 0 fully saturated rings. The summed E-state index contributed by atoms with van der Waals surface area (Å²) in [6.07, 6.45) is 0. The molecule has 0 unspecified atom stereocenters. The first kappa shape index (κ1) is 38.6. The normalized spacial score (nSPS) is 9.67. The monoisotopic (exact) mass is 462 g/mol. The van der Waals surface area contributed by atoms with Crippen molar-refractivity contribution in [2.24, 2.45) is 0 Å². The van der Waals surface area contributed by atoms with Gasteiger partial charge < -0.3 is 31.6 Å². The molecule has 0 amide bonds. The maximum absolute atomic E-state index is 7.79. The zero-order chi connectivity index (χ0) is 13.5. The Labute approximate surface area is 206 Å². The van der Waals surface area contributed by atoms with Crippen molar-refractivity contribution in [2.75, 3.05) is 0 Å². The maximum Gasteiger partial charge on any atom is 1.00 e. The van der Waals surface area contributed by atoms with Crippen molar-refractivity contribution in [3.05, 3.63) is 0 Å². The quantitative estimate of drug-likeness (QED) is 0.192. The van der Waals surface area contributed by atoms with Gasteiger partial charge in [-0.15, -0.1) is 0 Å². The molecule has 0 spiro atoms. The minimum atomic E-state index is -3.00. The minimum Gasteiger partial charge on any atom is -1.00 e. The van der Waals surface area contributed by atoms with Gasteiger partial charge in [0.2, 0.25) is 0 Å². The van der Waals surface area contributed by atoms with Crippen LogP contribution in [0.15, 0.2) is 0 Å². The predicted molar refractivity (Wildman–Crippen MR) is 85.4 cm³/mol. The molecule has 0 bridgehead atoms. The average molecular weight is 463 g/mol. The molecule has 0 aliphatic carbocycles. The van der Waals surface area contributed by atoms with Crippen molar-refractivity contribution in [3.63, 3.8) is 0 Å². The molecule has 0 heterocycles. The molecular formula is H9Na3O6S9. The average Bonchev–Trinajstić information content (AvgIpc) is 1.41. The fraction of sp³-hybridized carbons (Fsp3) is 0. The molecule has 0 aromatic rings. The van der Waals surface area contributed by atoms with Crippen molar-refractivity contribution in [1.82, 2.24) is 0 Å². The van der Waals surface area contributed by atoms with Crippen molar-refractivity contribution < 1.29 is 120 Å². The van der Waals surface area contributed by atoms with Gasteiger partial charge in [-0.25, -0.2) is 0 Å². The third kappa shape index (κ3) is 325. The first-order chi connectivity index (χ1) is 6.00. The van der Waals surface area contributed by atoms with Crippen LogP contribution in [0, 0.1) is 0 Å². The van der Waals surface area contributed by atoms with Crippen molar-refractivity contribution in [2.45, 2.75) is 0 Å². The van der Waals surface area contributed by atoms with Crippen LogP contribution in [-0.4, -0.2) is 27.3 Å². The Morgan fingerprint density at radius 1 is 0.444 bits per heavy atom. The summed E-state index contributed by atoms with van der Waals surface area (Å²) in [7, 11) is -9.00. The topological polar surface area (TPSA) is 121 Å². The van der Waals surface area contributed by atoms with E-state index >= 15 is 0 Å². The minimum absolute atomic E-state index is 0. The molecule has 0 aromatic heterocycles. The van der Waals surface area contributed by atoms with E-state index in [1.54, 1.807) is 0 Å². The standard InChI is InChI=1S/3Na.3H2O2S3.3H/c;;;3*1-5(2,3)4;;;/h;;;3*(H2,1,2,3,4);;;/q3*+1;;;;3*-1. The van der Waals surface area contributed by atoms with Gasteiger partial charge in [-0.3, -0.25) is 0 Å². The Morgan fingerprint density at radius 3 is 0.444 bits per heavy atom. The largest absolute Gasteiger partial charge is 1.00 e. The van der Waals surface area contributed by atoms with E-state index in [1.807, 2.05) is 0 Å². The van der Waals surface area contributed by atoms with Crippen molar-refractivity contribution in [3.8, 4) is 0 Å². The van der Waals surface area contributed by atoms with E-state index < -0.39 is 23.1 Å². The fourth-order valence-electron chi connectivity index (χ4n) is 0. The van der Waals surface area contributed by atoms with E-state index in [2.05, 4.69) is 67.1 Å². The molecule has 0 saturated carbocycles. The third-order valence-electron chi connectivity index (χ3n) is 0. The van der Waals surface area contributed by atoms with Crippen LogP contribution in [0.3, 0.4) is 0 Å². The van der Waals surface area contributed by atoms with Crippen LogP contribution in [0.25, 0.3) is 0 Å². The van der Waals surface area contributed by atoms with Crippen LogP contribution >= 0.6 is 0 Å². The molecular weight excluding hydrogens is 454 g/mol. The van der Waals surface area contributed by atoms with E-state index in [-0.39, 0.29) is 93.0 Å². The van der Waals surface area contributed by atoms with Crippen LogP contribution in [0.4, 0.5) is 0 Å². The van der Waals surface area contributed by atoms with E-state index in [9.17, 15) is 0 Å². The maximum atomic E-state index is 7.79. The van der Waals surface area contributed by atoms with Crippen LogP contribution < -0.4 is 88.7 Å². The van der Waals surface area contributed by atoms with Crippen LogP contribution in [0.2, 0.25) is 0 Å².